The number of aromatic nitrogens is 1. The number of aliphatic hydroxyl groups excluding tert-OH is 1. The molecule has 0 saturated heterocycles. The number of ether oxygens (including phenoxy) is 2. The second-order valence-electron chi connectivity index (χ2n) is 7.79. The van der Waals surface area contributed by atoms with Gasteiger partial charge in [-0.05, 0) is 36.4 Å². The fraction of sp³-hybridized carbons (Fsp3) is 0.217. The van der Waals surface area contributed by atoms with Crippen molar-refractivity contribution in [1.82, 2.24) is 4.98 Å². The molecule has 0 fully saturated rings. The van der Waals surface area contributed by atoms with Gasteiger partial charge in [0.25, 0.3) is 15.9 Å². The molecule has 0 radical (unpaired) electrons. The number of nitrogens with zero attached hydrogens (tertiary/aromatic N) is 2. The van der Waals surface area contributed by atoms with Crippen molar-refractivity contribution in [2.75, 3.05) is 29.9 Å². The highest BCUT2D eigenvalue weighted by atomic mass is 32.2. The van der Waals surface area contributed by atoms with Crippen molar-refractivity contribution >= 4 is 27.3 Å². The van der Waals surface area contributed by atoms with E-state index in [0.717, 1.165) is 28.7 Å². The third kappa shape index (κ3) is 5.15. The Labute approximate surface area is 208 Å². The summed E-state index contributed by atoms with van der Waals surface area (Å²) in [5.41, 5.74) is -2.87. The number of halogens is 4. The number of sulfonamides is 1. The Morgan fingerprint density at radius 1 is 1.24 bits per heavy atom. The summed E-state index contributed by atoms with van der Waals surface area (Å²) in [5.74, 6) is -2.57. The third-order valence-electron chi connectivity index (χ3n) is 5.40. The summed E-state index contributed by atoms with van der Waals surface area (Å²) in [6, 6.07) is 8.39. The number of pyridine rings is 1. The molecular formula is C23H19F4N3O6S. The van der Waals surface area contributed by atoms with Crippen molar-refractivity contribution in [2.45, 2.75) is 17.2 Å². The zero-order valence-corrected chi connectivity index (χ0v) is 19.8. The van der Waals surface area contributed by atoms with E-state index in [9.17, 15) is 35.9 Å². The van der Waals surface area contributed by atoms with Crippen LogP contribution in [0.5, 0.6) is 11.6 Å². The molecule has 1 aliphatic rings. The van der Waals surface area contributed by atoms with Crippen LogP contribution in [0.4, 0.5) is 28.9 Å². The summed E-state index contributed by atoms with van der Waals surface area (Å²) in [6.07, 6.45) is -4.85. The molecule has 1 unspecified atom stereocenters. The van der Waals surface area contributed by atoms with Gasteiger partial charge in [-0.15, -0.1) is 0 Å². The smallest absolute Gasteiger partial charge is 0.417 e. The lowest BCUT2D eigenvalue weighted by Crippen LogP contribution is -2.45. The van der Waals surface area contributed by atoms with Crippen molar-refractivity contribution < 1.29 is 45.4 Å². The van der Waals surface area contributed by atoms with Gasteiger partial charge in [-0.2, -0.15) is 13.2 Å². The molecule has 1 aromatic heterocycles. The summed E-state index contributed by atoms with van der Waals surface area (Å²) in [7, 11) is -2.91. The number of methoxy groups -OCH3 is 1. The molecule has 1 aliphatic heterocycles. The number of hydrogen-bond donors (Lipinski definition) is 2. The molecule has 2 heterocycles. The van der Waals surface area contributed by atoms with E-state index in [1.54, 1.807) is 0 Å². The maximum absolute atomic E-state index is 14.2. The molecule has 196 valence electrons. The highest BCUT2D eigenvalue weighted by Crippen LogP contribution is 2.39. The number of nitrogens with one attached hydrogen (secondary N) is 1. The molecular weight excluding hydrogens is 522 g/mol. The molecule has 0 saturated carbocycles. The molecule has 14 heteroatoms. The monoisotopic (exact) mass is 541 g/mol. The molecule has 0 bridgehead atoms. The summed E-state index contributed by atoms with van der Waals surface area (Å²) in [6.45, 7) is -0.834. The number of carbonyl (C=O) groups excluding carboxylic acids is 1. The minimum Gasteiger partial charge on any atom is -0.484 e. The van der Waals surface area contributed by atoms with Gasteiger partial charge in [0.15, 0.2) is 0 Å². The van der Waals surface area contributed by atoms with E-state index < -0.39 is 51.8 Å². The second kappa shape index (κ2) is 9.86. The summed E-state index contributed by atoms with van der Waals surface area (Å²) >= 11 is 0. The first kappa shape index (κ1) is 26.2. The number of fused-ring (bicyclic) bond motifs is 1. The van der Waals surface area contributed by atoms with E-state index in [4.69, 9.17) is 9.47 Å². The van der Waals surface area contributed by atoms with Crippen LogP contribution in [0.25, 0.3) is 0 Å². The lowest BCUT2D eigenvalue weighted by molar-refractivity contribution is -0.138. The van der Waals surface area contributed by atoms with Crippen LogP contribution >= 0.6 is 0 Å². The molecule has 2 N–H and O–H groups in total. The lowest BCUT2D eigenvalue weighted by Gasteiger charge is -2.35. The van der Waals surface area contributed by atoms with Gasteiger partial charge in [0.1, 0.15) is 22.6 Å². The first-order chi connectivity index (χ1) is 17.5. The summed E-state index contributed by atoms with van der Waals surface area (Å²) < 4.78 is 92.5. The summed E-state index contributed by atoms with van der Waals surface area (Å²) in [4.78, 5) is 16.3. The number of rotatable bonds is 6. The molecule has 4 rings (SSSR count). The van der Waals surface area contributed by atoms with Crippen molar-refractivity contribution in [3.63, 3.8) is 0 Å². The second-order valence-corrected chi connectivity index (χ2v) is 9.65. The molecule has 9 nitrogen and oxygen atoms in total. The van der Waals surface area contributed by atoms with Crippen molar-refractivity contribution in [1.29, 1.82) is 0 Å². The highest BCUT2D eigenvalue weighted by Gasteiger charge is 2.38. The average molecular weight is 541 g/mol. The Morgan fingerprint density at radius 2 is 2.00 bits per heavy atom. The zero-order chi connectivity index (χ0) is 27.0. The zero-order valence-electron chi connectivity index (χ0n) is 19.0. The number of aliphatic hydroxyl groups is 1. The SMILES string of the molecule is COc1ccc(S(=O)(=O)N2CC(CO)Oc3ccc(NC(=O)c4c(F)cccc4C(F)(F)F)cc32)cn1. The Hall–Kier alpha value is -3.91. The largest absolute Gasteiger partial charge is 0.484 e. The number of alkyl halides is 3. The first-order valence-corrected chi connectivity index (χ1v) is 12.0. The predicted molar refractivity (Wildman–Crippen MR) is 123 cm³/mol. The molecule has 37 heavy (non-hydrogen) atoms. The maximum Gasteiger partial charge on any atom is 0.417 e. The van der Waals surface area contributed by atoms with Crippen LogP contribution in [0.1, 0.15) is 15.9 Å². The van der Waals surface area contributed by atoms with Crippen LogP contribution in [0.3, 0.4) is 0 Å². The van der Waals surface area contributed by atoms with Gasteiger partial charge in [-0.3, -0.25) is 9.10 Å². The topological polar surface area (TPSA) is 118 Å². The van der Waals surface area contributed by atoms with E-state index in [1.165, 1.54) is 31.4 Å². The number of amides is 1. The maximum atomic E-state index is 14.2. The number of hydrogen-bond acceptors (Lipinski definition) is 7. The normalized spacial score (nSPS) is 15.5. The predicted octanol–water partition coefficient (Wildman–Crippen LogP) is 3.45. The Kier molecular flexibility index (Phi) is 6.97. The van der Waals surface area contributed by atoms with Crippen LogP contribution in [0.15, 0.2) is 59.6 Å². The van der Waals surface area contributed by atoms with Crippen molar-refractivity contribution in [3.05, 3.63) is 71.7 Å². The van der Waals surface area contributed by atoms with Gasteiger partial charge in [0.2, 0.25) is 5.88 Å². The van der Waals surface area contributed by atoms with E-state index in [-0.39, 0.29) is 34.4 Å². The van der Waals surface area contributed by atoms with Crippen LogP contribution in [-0.4, -0.2) is 50.8 Å². The van der Waals surface area contributed by atoms with E-state index >= 15 is 0 Å². The highest BCUT2D eigenvalue weighted by molar-refractivity contribution is 7.92. The van der Waals surface area contributed by atoms with Gasteiger partial charge in [0, 0.05) is 11.8 Å². The van der Waals surface area contributed by atoms with Gasteiger partial charge in [0.05, 0.1) is 43.3 Å². The minimum absolute atomic E-state index is 0.0233. The van der Waals surface area contributed by atoms with Crippen LogP contribution in [0, 0.1) is 5.82 Å². The lowest BCUT2D eigenvalue weighted by atomic mass is 10.1. The molecule has 3 aromatic rings. The van der Waals surface area contributed by atoms with E-state index in [0.29, 0.717) is 6.07 Å². The third-order valence-corrected chi connectivity index (χ3v) is 7.17. The standard InChI is InChI=1S/C23H19F4N3O6S/c1-35-20-8-6-15(10-28-20)37(33,34)30-11-14(12-31)36-19-7-5-13(9-18(19)30)29-22(32)21-16(23(25,26)27)3-2-4-17(21)24/h2-10,14,31H,11-12H2,1H3,(H,29,32). The molecule has 0 spiro atoms. The first-order valence-electron chi connectivity index (χ1n) is 10.6. The van der Waals surface area contributed by atoms with Gasteiger partial charge in [-0.1, -0.05) is 6.07 Å². The Balaban J connectivity index is 1.72. The van der Waals surface area contributed by atoms with Crippen LogP contribution in [0.2, 0.25) is 0 Å². The Bertz CT molecular complexity index is 1430. The molecule has 2 aromatic carbocycles. The minimum atomic E-state index is -4.99. The van der Waals surface area contributed by atoms with Crippen molar-refractivity contribution in [2.24, 2.45) is 0 Å². The van der Waals surface area contributed by atoms with Crippen molar-refractivity contribution in [3.8, 4) is 11.6 Å². The quantitative estimate of drug-likeness (QED) is 0.459. The van der Waals surface area contributed by atoms with E-state index in [1.807, 2.05) is 0 Å². The Morgan fingerprint density at radius 3 is 2.62 bits per heavy atom. The van der Waals surface area contributed by atoms with Gasteiger partial charge >= 0.3 is 6.18 Å². The molecule has 0 aliphatic carbocycles. The van der Waals surface area contributed by atoms with Crippen LogP contribution in [-0.2, 0) is 16.2 Å². The number of carbonyl (C=O) groups is 1. The number of benzene rings is 2. The van der Waals surface area contributed by atoms with Crippen LogP contribution < -0.4 is 19.1 Å². The summed E-state index contributed by atoms with van der Waals surface area (Å²) in [5, 5.41) is 11.8. The fourth-order valence-electron chi connectivity index (χ4n) is 3.66. The van der Waals surface area contributed by atoms with Gasteiger partial charge in [-0.25, -0.2) is 17.8 Å². The molecule has 1 atom stereocenters. The van der Waals surface area contributed by atoms with E-state index in [2.05, 4.69) is 10.3 Å². The molecule has 1 amide bonds. The fourth-order valence-corrected chi connectivity index (χ4v) is 5.11. The number of anilines is 2. The van der Waals surface area contributed by atoms with Gasteiger partial charge < -0.3 is 19.9 Å². The average Bonchev–Trinajstić information content (AvgIpc) is 2.87.